The Hall–Kier alpha value is -1.69. The van der Waals surface area contributed by atoms with Gasteiger partial charge in [0.15, 0.2) is 5.58 Å². The summed E-state index contributed by atoms with van der Waals surface area (Å²) in [4.78, 5) is 25.8. The van der Waals surface area contributed by atoms with E-state index >= 15 is 0 Å². The highest BCUT2D eigenvalue weighted by Crippen LogP contribution is 2.23. The van der Waals surface area contributed by atoms with Gasteiger partial charge in [-0.05, 0) is 19.1 Å². The second-order valence-corrected chi connectivity index (χ2v) is 5.90. The lowest BCUT2D eigenvalue weighted by atomic mass is 10.3. The molecule has 1 unspecified atom stereocenters. The Morgan fingerprint density at radius 1 is 1.47 bits per heavy atom. The Kier molecular flexibility index (Phi) is 3.10. The summed E-state index contributed by atoms with van der Waals surface area (Å²) in [6, 6.07) is 7.14. The number of benzene rings is 1. The minimum Gasteiger partial charge on any atom is -0.408 e. The van der Waals surface area contributed by atoms with Crippen molar-refractivity contribution in [1.29, 1.82) is 0 Å². The van der Waals surface area contributed by atoms with Crippen LogP contribution in [0.3, 0.4) is 0 Å². The minimum atomic E-state index is -0.478. The van der Waals surface area contributed by atoms with Crippen LogP contribution in [0.2, 0.25) is 0 Å². The van der Waals surface area contributed by atoms with Crippen LogP contribution in [0.1, 0.15) is 6.92 Å². The molecule has 1 atom stereocenters. The summed E-state index contributed by atoms with van der Waals surface area (Å²) in [7, 11) is 0. The van der Waals surface area contributed by atoms with Gasteiger partial charge in [0, 0.05) is 12.3 Å². The van der Waals surface area contributed by atoms with Crippen LogP contribution in [-0.2, 0) is 11.3 Å². The predicted molar refractivity (Wildman–Crippen MR) is 74.1 cm³/mol. The van der Waals surface area contributed by atoms with E-state index in [1.165, 1.54) is 4.57 Å². The summed E-state index contributed by atoms with van der Waals surface area (Å²) in [5.74, 6) is 0.439. The molecule has 5 nitrogen and oxygen atoms in total. The molecule has 1 aliphatic rings. The maximum absolute atomic E-state index is 12.2. The molecule has 0 N–H and O–H groups in total. The minimum absolute atomic E-state index is 0.0360. The van der Waals surface area contributed by atoms with Crippen LogP contribution < -0.4 is 5.76 Å². The lowest BCUT2D eigenvalue weighted by Crippen LogP contribution is -2.37. The molecule has 100 valence electrons. The third-order valence-corrected chi connectivity index (χ3v) is 4.47. The molecule has 0 aliphatic carbocycles. The highest BCUT2D eigenvalue weighted by Gasteiger charge is 2.26. The fourth-order valence-electron chi connectivity index (χ4n) is 2.31. The van der Waals surface area contributed by atoms with Gasteiger partial charge in [0.2, 0.25) is 5.91 Å². The van der Waals surface area contributed by atoms with Crippen molar-refractivity contribution >= 4 is 28.8 Å². The summed E-state index contributed by atoms with van der Waals surface area (Å²) >= 11 is 1.75. The zero-order valence-corrected chi connectivity index (χ0v) is 11.4. The number of carbonyl (C=O) groups excluding carboxylic acids is 1. The van der Waals surface area contributed by atoms with E-state index in [1.807, 2.05) is 13.0 Å². The van der Waals surface area contributed by atoms with Crippen LogP contribution in [0.15, 0.2) is 33.5 Å². The van der Waals surface area contributed by atoms with Crippen molar-refractivity contribution in [1.82, 2.24) is 9.47 Å². The zero-order chi connectivity index (χ0) is 13.4. The average molecular weight is 278 g/mol. The number of oxazole rings is 1. The van der Waals surface area contributed by atoms with Crippen molar-refractivity contribution in [3.63, 3.8) is 0 Å². The number of fused-ring (bicyclic) bond motifs is 1. The quantitative estimate of drug-likeness (QED) is 0.835. The van der Waals surface area contributed by atoms with E-state index in [1.54, 1.807) is 34.9 Å². The second-order valence-electron chi connectivity index (χ2n) is 4.48. The molecular formula is C13H14N2O3S. The highest BCUT2D eigenvalue weighted by atomic mass is 32.2. The number of hydrogen-bond donors (Lipinski definition) is 0. The second kappa shape index (κ2) is 4.77. The first kappa shape index (κ1) is 12.3. The fourth-order valence-corrected chi connectivity index (χ4v) is 3.36. The van der Waals surface area contributed by atoms with Crippen LogP contribution in [0.5, 0.6) is 0 Å². The maximum atomic E-state index is 12.2. The molecular weight excluding hydrogens is 264 g/mol. The molecule has 19 heavy (non-hydrogen) atoms. The molecule has 0 spiro atoms. The van der Waals surface area contributed by atoms with E-state index < -0.39 is 5.76 Å². The van der Waals surface area contributed by atoms with Gasteiger partial charge >= 0.3 is 5.76 Å². The average Bonchev–Trinajstić information content (AvgIpc) is 2.94. The molecule has 3 rings (SSSR count). The van der Waals surface area contributed by atoms with Crippen molar-refractivity contribution < 1.29 is 9.21 Å². The number of thioether (sulfide) groups is 1. The Morgan fingerprint density at radius 3 is 3.00 bits per heavy atom. The molecule has 0 saturated carbocycles. The molecule has 1 aliphatic heterocycles. The lowest BCUT2D eigenvalue weighted by molar-refractivity contribution is -0.131. The van der Waals surface area contributed by atoms with E-state index in [2.05, 4.69) is 0 Å². The summed E-state index contributed by atoms with van der Waals surface area (Å²) in [5.41, 5.74) is 1.18. The zero-order valence-electron chi connectivity index (χ0n) is 10.5. The van der Waals surface area contributed by atoms with E-state index in [0.717, 1.165) is 12.3 Å². The number of aromatic nitrogens is 1. The molecule has 1 aromatic heterocycles. The first-order valence-corrected chi connectivity index (χ1v) is 7.21. The van der Waals surface area contributed by atoms with E-state index in [4.69, 9.17) is 4.42 Å². The Morgan fingerprint density at radius 2 is 2.26 bits per heavy atom. The molecule has 0 radical (unpaired) electrons. The van der Waals surface area contributed by atoms with Crippen LogP contribution in [0, 0.1) is 0 Å². The Balaban J connectivity index is 1.91. The van der Waals surface area contributed by atoms with Crippen molar-refractivity contribution in [2.24, 2.45) is 0 Å². The normalized spacial score (nSPS) is 19.2. The predicted octanol–water partition coefficient (Wildman–Crippen LogP) is 1.52. The largest absolute Gasteiger partial charge is 0.420 e. The topological polar surface area (TPSA) is 55.5 Å². The third-order valence-electron chi connectivity index (χ3n) is 3.32. The standard InChI is InChI=1S/C13H14N2O3S/c1-9-14(6-7-19-9)12(16)8-15-10-4-2-3-5-11(10)18-13(15)17/h2-5,9H,6-8H2,1H3. The number of carbonyl (C=O) groups is 1. The Labute approximate surface area is 114 Å². The van der Waals surface area contributed by atoms with Crippen LogP contribution >= 0.6 is 11.8 Å². The number of para-hydroxylation sites is 2. The summed E-state index contributed by atoms with van der Waals surface area (Å²) < 4.78 is 6.52. The van der Waals surface area contributed by atoms with Gasteiger partial charge in [0.05, 0.1) is 10.9 Å². The van der Waals surface area contributed by atoms with Gasteiger partial charge in [0.25, 0.3) is 0 Å². The number of amides is 1. The number of hydrogen-bond acceptors (Lipinski definition) is 4. The van der Waals surface area contributed by atoms with E-state index in [9.17, 15) is 9.59 Å². The molecule has 1 saturated heterocycles. The van der Waals surface area contributed by atoms with Crippen molar-refractivity contribution in [2.45, 2.75) is 18.8 Å². The first-order valence-electron chi connectivity index (χ1n) is 6.16. The van der Waals surface area contributed by atoms with Gasteiger partial charge in [-0.15, -0.1) is 11.8 Å². The molecule has 1 fully saturated rings. The van der Waals surface area contributed by atoms with Crippen LogP contribution in [-0.4, -0.2) is 33.0 Å². The van der Waals surface area contributed by atoms with E-state index in [-0.39, 0.29) is 17.8 Å². The number of rotatable bonds is 2. The van der Waals surface area contributed by atoms with Gasteiger partial charge in [-0.25, -0.2) is 4.79 Å². The maximum Gasteiger partial charge on any atom is 0.420 e. The van der Waals surface area contributed by atoms with Gasteiger partial charge < -0.3 is 9.32 Å². The van der Waals surface area contributed by atoms with E-state index in [0.29, 0.717) is 11.1 Å². The molecule has 6 heteroatoms. The molecule has 1 aromatic carbocycles. The molecule has 0 bridgehead atoms. The monoisotopic (exact) mass is 278 g/mol. The summed E-state index contributed by atoms with van der Waals surface area (Å²) in [5, 5.41) is 0.182. The SMILES string of the molecule is CC1SCCN1C(=O)Cn1c(=O)oc2ccccc21. The van der Waals surface area contributed by atoms with Gasteiger partial charge in [-0.2, -0.15) is 0 Å². The van der Waals surface area contributed by atoms with Crippen molar-refractivity contribution in [3.05, 3.63) is 34.8 Å². The summed E-state index contributed by atoms with van der Waals surface area (Å²) in [6.07, 6.45) is 0. The van der Waals surface area contributed by atoms with Crippen LogP contribution in [0.25, 0.3) is 11.1 Å². The fraction of sp³-hybridized carbons (Fsp3) is 0.385. The number of nitrogens with zero attached hydrogens (tertiary/aromatic N) is 2. The van der Waals surface area contributed by atoms with Gasteiger partial charge in [0.1, 0.15) is 6.54 Å². The van der Waals surface area contributed by atoms with Crippen molar-refractivity contribution in [2.75, 3.05) is 12.3 Å². The third kappa shape index (κ3) is 2.16. The van der Waals surface area contributed by atoms with Gasteiger partial charge in [-0.3, -0.25) is 9.36 Å². The van der Waals surface area contributed by atoms with Crippen molar-refractivity contribution in [3.8, 4) is 0 Å². The highest BCUT2D eigenvalue weighted by molar-refractivity contribution is 8.00. The molecule has 2 aromatic rings. The lowest BCUT2D eigenvalue weighted by Gasteiger charge is -2.20. The molecule has 2 heterocycles. The smallest absolute Gasteiger partial charge is 0.408 e. The first-order chi connectivity index (χ1) is 9.16. The summed E-state index contributed by atoms with van der Waals surface area (Å²) in [6.45, 7) is 2.79. The molecule has 1 amide bonds. The Bertz CT molecular complexity index is 676. The van der Waals surface area contributed by atoms with Gasteiger partial charge in [-0.1, -0.05) is 12.1 Å². The van der Waals surface area contributed by atoms with Crippen LogP contribution in [0.4, 0.5) is 0 Å².